The average Bonchev–Trinajstić information content (AvgIpc) is 2.69. The fraction of sp³-hybridized carbons (Fsp3) is 0.188. The van der Waals surface area contributed by atoms with Crippen molar-refractivity contribution in [2.24, 2.45) is 5.73 Å². The monoisotopic (exact) mass is 345 g/mol. The van der Waals surface area contributed by atoms with E-state index in [9.17, 15) is 0 Å². The third-order valence-electron chi connectivity index (χ3n) is 3.49. The summed E-state index contributed by atoms with van der Waals surface area (Å²) in [4.78, 5) is 2.23. The van der Waals surface area contributed by atoms with E-state index in [-0.39, 0.29) is 5.84 Å². The topological polar surface area (TPSA) is 62.3 Å². The molecular weight excluding hydrogens is 330 g/mol. The molecule has 0 bridgehead atoms. The zero-order valence-corrected chi connectivity index (χ0v) is 13.1. The van der Waals surface area contributed by atoms with Crippen LogP contribution in [0.1, 0.15) is 12.0 Å². The van der Waals surface area contributed by atoms with Crippen molar-refractivity contribution >= 4 is 33.1 Å². The first-order valence-electron chi connectivity index (χ1n) is 6.80. The fourth-order valence-corrected chi connectivity index (χ4v) is 3.07. The van der Waals surface area contributed by atoms with E-state index in [4.69, 9.17) is 15.9 Å². The predicted molar refractivity (Wildman–Crippen MR) is 88.7 cm³/mol. The van der Waals surface area contributed by atoms with Crippen LogP contribution in [0.15, 0.2) is 46.9 Å². The van der Waals surface area contributed by atoms with Gasteiger partial charge in [0.05, 0.1) is 12.3 Å². The molecule has 1 aliphatic rings. The molecule has 0 aliphatic carbocycles. The summed E-state index contributed by atoms with van der Waals surface area (Å²) < 4.78 is 6.61. The summed E-state index contributed by atoms with van der Waals surface area (Å²) in [6.45, 7) is 1.61. The second-order valence-corrected chi connectivity index (χ2v) is 5.75. The highest BCUT2D eigenvalue weighted by molar-refractivity contribution is 9.10. The summed E-state index contributed by atoms with van der Waals surface area (Å²) in [5.41, 5.74) is 8.40. The highest BCUT2D eigenvalue weighted by Crippen LogP contribution is 2.37. The van der Waals surface area contributed by atoms with E-state index in [0.29, 0.717) is 5.56 Å². The van der Waals surface area contributed by atoms with Gasteiger partial charge in [0.15, 0.2) is 0 Å². The van der Waals surface area contributed by atoms with Gasteiger partial charge in [0, 0.05) is 22.3 Å². The van der Waals surface area contributed by atoms with Gasteiger partial charge in [-0.3, -0.25) is 5.41 Å². The number of halogens is 1. The minimum absolute atomic E-state index is 0.0630. The Morgan fingerprint density at radius 3 is 2.81 bits per heavy atom. The van der Waals surface area contributed by atoms with Crippen molar-refractivity contribution in [1.29, 1.82) is 5.41 Å². The minimum atomic E-state index is 0.0630. The van der Waals surface area contributed by atoms with Gasteiger partial charge in [-0.25, -0.2) is 0 Å². The largest absolute Gasteiger partial charge is 0.491 e. The molecule has 108 valence electrons. The summed E-state index contributed by atoms with van der Waals surface area (Å²) in [5.74, 6) is 0.967. The van der Waals surface area contributed by atoms with Gasteiger partial charge in [-0.05, 0) is 52.7 Å². The highest BCUT2D eigenvalue weighted by Gasteiger charge is 2.18. The van der Waals surface area contributed by atoms with Crippen LogP contribution in [0, 0.1) is 5.41 Å². The van der Waals surface area contributed by atoms with Gasteiger partial charge >= 0.3 is 0 Å². The van der Waals surface area contributed by atoms with Crippen LogP contribution in [0.4, 0.5) is 11.4 Å². The third-order valence-corrected chi connectivity index (χ3v) is 4.15. The van der Waals surface area contributed by atoms with E-state index in [1.807, 2.05) is 36.4 Å². The highest BCUT2D eigenvalue weighted by atomic mass is 79.9. The SMILES string of the molecule is N=C(N)c1ccc(N2CCCOc3ccccc32)cc1Br. The molecule has 0 atom stereocenters. The molecule has 2 aromatic carbocycles. The minimum Gasteiger partial charge on any atom is -0.491 e. The van der Waals surface area contributed by atoms with Gasteiger partial charge in [0.25, 0.3) is 0 Å². The lowest BCUT2D eigenvalue weighted by atomic mass is 10.1. The maximum atomic E-state index is 7.56. The Kier molecular flexibility index (Phi) is 3.84. The van der Waals surface area contributed by atoms with Crippen molar-refractivity contribution in [3.63, 3.8) is 0 Å². The maximum absolute atomic E-state index is 7.56. The molecule has 0 spiro atoms. The smallest absolute Gasteiger partial charge is 0.142 e. The summed E-state index contributed by atoms with van der Waals surface area (Å²) in [6.07, 6.45) is 0.959. The number of ether oxygens (including phenoxy) is 1. The number of nitrogens with zero attached hydrogens (tertiary/aromatic N) is 1. The average molecular weight is 346 g/mol. The number of fused-ring (bicyclic) bond motifs is 1. The van der Waals surface area contributed by atoms with Gasteiger partial charge in [0.2, 0.25) is 0 Å². The number of benzene rings is 2. The van der Waals surface area contributed by atoms with Gasteiger partial charge in [-0.2, -0.15) is 0 Å². The Bertz CT molecular complexity index is 687. The van der Waals surface area contributed by atoms with Crippen LogP contribution >= 0.6 is 15.9 Å². The van der Waals surface area contributed by atoms with Gasteiger partial charge < -0.3 is 15.4 Å². The molecule has 0 aromatic heterocycles. The summed E-state index contributed by atoms with van der Waals surface area (Å²) in [7, 11) is 0. The molecule has 5 heteroatoms. The van der Waals surface area contributed by atoms with Crippen LogP contribution < -0.4 is 15.4 Å². The van der Waals surface area contributed by atoms with Crippen molar-refractivity contribution in [3.8, 4) is 5.75 Å². The Hall–Kier alpha value is -2.01. The zero-order valence-electron chi connectivity index (χ0n) is 11.5. The van der Waals surface area contributed by atoms with E-state index >= 15 is 0 Å². The van der Waals surface area contributed by atoms with Crippen molar-refractivity contribution in [3.05, 3.63) is 52.5 Å². The molecule has 2 aromatic rings. The first kappa shape index (κ1) is 13.9. The second-order valence-electron chi connectivity index (χ2n) is 4.90. The maximum Gasteiger partial charge on any atom is 0.142 e. The van der Waals surface area contributed by atoms with E-state index in [2.05, 4.69) is 26.9 Å². The first-order valence-corrected chi connectivity index (χ1v) is 7.59. The standard InChI is InChI=1S/C16H16BrN3O/c17-13-10-11(6-7-12(13)16(18)19)20-8-3-9-21-15-5-2-1-4-14(15)20/h1-2,4-7,10H,3,8-9H2,(H3,18,19). The van der Waals surface area contributed by atoms with Crippen molar-refractivity contribution in [2.75, 3.05) is 18.1 Å². The van der Waals surface area contributed by atoms with E-state index in [1.54, 1.807) is 0 Å². The molecule has 0 fully saturated rings. The number of nitrogen functional groups attached to an aromatic ring is 1. The van der Waals surface area contributed by atoms with Crippen molar-refractivity contribution in [1.82, 2.24) is 0 Å². The Morgan fingerprint density at radius 1 is 1.24 bits per heavy atom. The third kappa shape index (κ3) is 2.74. The van der Waals surface area contributed by atoms with E-state index < -0.39 is 0 Å². The summed E-state index contributed by atoms with van der Waals surface area (Å²) in [6, 6.07) is 13.9. The van der Waals surface area contributed by atoms with Crippen LogP contribution in [-0.4, -0.2) is 19.0 Å². The fourth-order valence-electron chi connectivity index (χ4n) is 2.49. The molecular formula is C16H16BrN3O. The van der Waals surface area contributed by atoms with Crippen LogP contribution in [0.25, 0.3) is 0 Å². The van der Waals surface area contributed by atoms with Gasteiger partial charge in [-0.15, -0.1) is 0 Å². The lowest BCUT2D eigenvalue weighted by Crippen LogP contribution is -2.18. The summed E-state index contributed by atoms with van der Waals surface area (Å²) >= 11 is 3.50. The number of para-hydroxylation sites is 2. The Morgan fingerprint density at radius 2 is 2.05 bits per heavy atom. The lowest BCUT2D eigenvalue weighted by Gasteiger charge is -2.24. The molecule has 21 heavy (non-hydrogen) atoms. The molecule has 3 rings (SSSR count). The van der Waals surface area contributed by atoms with Crippen LogP contribution in [0.5, 0.6) is 5.75 Å². The molecule has 0 saturated heterocycles. The number of nitrogens with two attached hydrogens (primary N) is 1. The van der Waals surface area contributed by atoms with Crippen molar-refractivity contribution < 1.29 is 4.74 Å². The molecule has 0 unspecified atom stereocenters. The number of nitrogens with one attached hydrogen (secondary N) is 1. The zero-order chi connectivity index (χ0) is 14.8. The number of hydrogen-bond donors (Lipinski definition) is 2. The molecule has 3 N–H and O–H groups in total. The van der Waals surface area contributed by atoms with Gasteiger partial charge in [-0.1, -0.05) is 12.1 Å². The Balaban J connectivity index is 2.04. The number of anilines is 2. The van der Waals surface area contributed by atoms with Crippen LogP contribution in [0.2, 0.25) is 0 Å². The quantitative estimate of drug-likeness (QED) is 0.644. The first-order chi connectivity index (χ1) is 10.2. The molecule has 1 heterocycles. The van der Waals surface area contributed by atoms with Crippen LogP contribution in [-0.2, 0) is 0 Å². The second kappa shape index (κ2) is 5.77. The van der Waals surface area contributed by atoms with E-state index in [0.717, 1.165) is 41.2 Å². The van der Waals surface area contributed by atoms with E-state index in [1.165, 1.54) is 0 Å². The molecule has 0 radical (unpaired) electrons. The normalized spacial score (nSPS) is 14.0. The lowest BCUT2D eigenvalue weighted by molar-refractivity contribution is 0.322. The predicted octanol–water partition coefficient (Wildman–Crippen LogP) is 3.65. The molecule has 0 amide bonds. The number of rotatable bonds is 2. The molecule has 1 aliphatic heterocycles. The summed E-state index contributed by atoms with van der Waals surface area (Å²) in [5, 5.41) is 7.56. The van der Waals surface area contributed by atoms with Crippen LogP contribution in [0.3, 0.4) is 0 Å². The molecule has 4 nitrogen and oxygen atoms in total. The Labute approximate surface area is 132 Å². The van der Waals surface area contributed by atoms with Crippen molar-refractivity contribution in [2.45, 2.75) is 6.42 Å². The van der Waals surface area contributed by atoms with Gasteiger partial charge in [0.1, 0.15) is 11.6 Å². The number of hydrogen-bond acceptors (Lipinski definition) is 3. The molecule has 0 saturated carbocycles. The number of amidine groups is 1.